The lowest BCUT2D eigenvalue weighted by Crippen LogP contribution is -2.41. The highest BCUT2D eigenvalue weighted by Crippen LogP contribution is 2.29. The van der Waals surface area contributed by atoms with Crippen LogP contribution in [0.15, 0.2) is 48.5 Å². The van der Waals surface area contributed by atoms with E-state index in [1.165, 1.54) is 0 Å². The molecule has 1 heterocycles. The van der Waals surface area contributed by atoms with Crippen molar-refractivity contribution in [2.24, 2.45) is 0 Å². The quantitative estimate of drug-likeness (QED) is 0.741. The highest BCUT2D eigenvalue weighted by Gasteiger charge is 2.29. The molecule has 1 atom stereocenters. The van der Waals surface area contributed by atoms with E-state index in [-0.39, 0.29) is 24.8 Å². The Morgan fingerprint density at radius 2 is 1.88 bits per heavy atom. The van der Waals surface area contributed by atoms with E-state index in [9.17, 15) is 9.59 Å². The van der Waals surface area contributed by atoms with Crippen molar-refractivity contribution in [2.75, 3.05) is 25.6 Å². The van der Waals surface area contributed by atoms with E-state index in [2.05, 4.69) is 10.6 Å². The number of benzene rings is 2. The first-order valence-electron chi connectivity index (χ1n) is 8.26. The second-order valence-corrected chi connectivity index (χ2v) is 5.65. The summed E-state index contributed by atoms with van der Waals surface area (Å²) in [5.41, 5.74) is 0.611. The molecule has 2 aromatic carbocycles. The third kappa shape index (κ3) is 4.24. The van der Waals surface area contributed by atoms with Crippen molar-refractivity contribution in [3.8, 4) is 17.2 Å². The fourth-order valence-electron chi connectivity index (χ4n) is 2.56. The Morgan fingerprint density at radius 3 is 2.69 bits per heavy atom. The largest absolute Gasteiger partial charge is 0.493 e. The molecule has 2 aromatic rings. The third-order valence-electron chi connectivity index (χ3n) is 3.83. The summed E-state index contributed by atoms with van der Waals surface area (Å²) in [5, 5.41) is 5.45. The monoisotopic (exact) mass is 356 g/mol. The Kier molecular flexibility index (Phi) is 5.58. The Hall–Kier alpha value is -3.22. The minimum atomic E-state index is -0.847. The SMILES string of the molecule is COc1ccccc1OCCNC(=O)C[C@H]1Oc2ccccc2NC1=O. The third-order valence-corrected chi connectivity index (χ3v) is 3.83. The van der Waals surface area contributed by atoms with Gasteiger partial charge in [-0.2, -0.15) is 0 Å². The maximum absolute atomic E-state index is 12.1. The average molecular weight is 356 g/mol. The van der Waals surface area contributed by atoms with Gasteiger partial charge in [-0.25, -0.2) is 0 Å². The molecule has 0 unspecified atom stereocenters. The Bertz CT molecular complexity index is 793. The van der Waals surface area contributed by atoms with Gasteiger partial charge in [0.25, 0.3) is 5.91 Å². The molecule has 0 saturated carbocycles. The van der Waals surface area contributed by atoms with Crippen molar-refractivity contribution in [3.63, 3.8) is 0 Å². The molecule has 0 saturated heterocycles. The standard InChI is InChI=1S/C19H20N2O5/c1-24-15-8-4-5-9-16(15)25-11-10-20-18(22)12-17-19(23)21-13-6-2-3-7-14(13)26-17/h2-9,17H,10-12H2,1H3,(H,20,22)(H,21,23)/t17-/m1/s1. The number of amides is 2. The van der Waals surface area contributed by atoms with E-state index >= 15 is 0 Å². The summed E-state index contributed by atoms with van der Waals surface area (Å²) >= 11 is 0. The number of para-hydroxylation sites is 4. The summed E-state index contributed by atoms with van der Waals surface area (Å²) < 4.78 is 16.4. The molecule has 136 valence electrons. The Labute approximate surface area is 151 Å². The molecule has 3 rings (SSSR count). The molecule has 0 spiro atoms. The molecule has 0 fully saturated rings. The summed E-state index contributed by atoms with van der Waals surface area (Å²) in [6.07, 6.45) is -0.908. The highest BCUT2D eigenvalue weighted by atomic mass is 16.5. The number of rotatable bonds is 7. The van der Waals surface area contributed by atoms with Crippen molar-refractivity contribution in [3.05, 3.63) is 48.5 Å². The summed E-state index contributed by atoms with van der Waals surface area (Å²) in [4.78, 5) is 24.1. The van der Waals surface area contributed by atoms with Gasteiger partial charge in [0.2, 0.25) is 5.91 Å². The fourth-order valence-corrected chi connectivity index (χ4v) is 2.56. The van der Waals surface area contributed by atoms with Gasteiger partial charge in [-0.05, 0) is 24.3 Å². The van der Waals surface area contributed by atoms with Crippen LogP contribution in [-0.4, -0.2) is 38.2 Å². The average Bonchev–Trinajstić information content (AvgIpc) is 2.66. The molecule has 7 nitrogen and oxygen atoms in total. The van der Waals surface area contributed by atoms with E-state index in [4.69, 9.17) is 14.2 Å². The number of hydrogen-bond acceptors (Lipinski definition) is 5. The topological polar surface area (TPSA) is 85.9 Å². The first kappa shape index (κ1) is 17.6. The van der Waals surface area contributed by atoms with Crippen LogP contribution in [0.1, 0.15) is 6.42 Å². The van der Waals surface area contributed by atoms with Crippen molar-refractivity contribution >= 4 is 17.5 Å². The van der Waals surface area contributed by atoms with Gasteiger partial charge in [0, 0.05) is 0 Å². The summed E-state index contributed by atoms with van der Waals surface area (Å²) in [7, 11) is 1.57. The zero-order chi connectivity index (χ0) is 18.4. The number of methoxy groups -OCH3 is 1. The van der Waals surface area contributed by atoms with Crippen LogP contribution in [0.5, 0.6) is 17.2 Å². The number of nitrogens with one attached hydrogen (secondary N) is 2. The molecular weight excluding hydrogens is 336 g/mol. The molecule has 2 amide bonds. The van der Waals surface area contributed by atoms with Crippen molar-refractivity contribution < 1.29 is 23.8 Å². The first-order chi connectivity index (χ1) is 12.7. The molecule has 7 heteroatoms. The molecule has 0 radical (unpaired) electrons. The number of ether oxygens (including phenoxy) is 3. The van der Waals surface area contributed by atoms with Gasteiger partial charge in [-0.3, -0.25) is 9.59 Å². The number of anilines is 1. The number of carbonyl (C=O) groups excluding carboxylic acids is 2. The second-order valence-electron chi connectivity index (χ2n) is 5.65. The number of hydrogen-bond donors (Lipinski definition) is 2. The van der Waals surface area contributed by atoms with Crippen LogP contribution < -0.4 is 24.8 Å². The molecule has 0 aromatic heterocycles. The zero-order valence-electron chi connectivity index (χ0n) is 14.4. The van der Waals surface area contributed by atoms with Gasteiger partial charge in [0.05, 0.1) is 25.8 Å². The van der Waals surface area contributed by atoms with E-state index in [1.807, 2.05) is 18.2 Å². The predicted molar refractivity (Wildman–Crippen MR) is 95.6 cm³/mol. The van der Waals surface area contributed by atoms with Gasteiger partial charge >= 0.3 is 0 Å². The molecular formula is C19H20N2O5. The minimum absolute atomic E-state index is 0.0607. The number of carbonyl (C=O) groups is 2. The predicted octanol–water partition coefficient (Wildman–Crippen LogP) is 1.98. The lowest BCUT2D eigenvalue weighted by molar-refractivity contribution is -0.130. The van der Waals surface area contributed by atoms with Crippen LogP contribution in [0.3, 0.4) is 0 Å². The van der Waals surface area contributed by atoms with Gasteiger partial charge in [0.15, 0.2) is 17.6 Å². The number of fused-ring (bicyclic) bond motifs is 1. The van der Waals surface area contributed by atoms with Crippen molar-refractivity contribution in [1.82, 2.24) is 5.32 Å². The lowest BCUT2D eigenvalue weighted by atomic mass is 10.1. The first-order valence-corrected chi connectivity index (χ1v) is 8.26. The maximum Gasteiger partial charge on any atom is 0.266 e. The van der Waals surface area contributed by atoms with Crippen LogP contribution in [0.25, 0.3) is 0 Å². The van der Waals surface area contributed by atoms with Gasteiger partial charge in [-0.15, -0.1) is 0 Å². The molecule has 26 heavy (non-hydrogen) atoms. The van der Waals surface area contributed by atoms with Crippen LogP contribution in [0, 0.1) is 0 Å². The van der Waals surface area contributed by atoms with E-state index in [1.54, 1.807) is 37.4 Å². The van der Waals surface area contributed by atoms with E-state index in [0.29, 0.717) is 29.5 Å². The lowest BCUT2D eigenvalue weighted by Gasteiger charge is -2.25. The maximum atomic E-state index is 12.1. The van der Waals surface area contributed by atoms with Gasteiger partial charge in [-0.1, -0.05) is 24.3 Å². The summed E-state index contributed by atoms with van der Waals surface area (Å²) in [6, 6.07) is 14.4. The van der Waals surface area contributed by atoms with Crippen molar-refractivity contribution in [2.45, 2.75) is 12.5 Å². The van der Waals surface area contributed by atoms with E-state index in [0.717, 1.165) is 0 Å². The minimum Gasteiger partial charge on any atom is -0.493 e. The van der Waals surface area contributed by atoms with Crippen LogP contribution in [-0.2, 0) is 9.59 Å². The summed E-state index contributed by atoms with van der Waals surface area (Å²) in [6.45, 7) is 0.592. The van der Waals surface area contributed by atoms with Gasteiger partial charge in [0.1, 0.15) is 12.4 Å². The van der Waals surface area contributed by atoms with Crippen molar-refractivity contribution in [1.29, 1.82) is 0 Å². The molecule has 2 N–H and O–H groups in total. The molecule has 1 aliphatic rings. The molecule has 0 bridgehead atoms. The fraction of sp³-hybridized carbons (Fsp3) is 0.263. The van der Waals surface area contributed by atoms with Crippen LogP contribution in [0.2, 0.25) is 0 Å². The summed E-state index contributed by atoms with van der Waals surface area (Å²) in [5.74, 6) is 1.18. The van der Waals surface area contributed by atoms with Crippen LogP contribution in [0.4, 0.5) is 5.69 Å². The Balaban J connectivity index is 1.44. The Morgan fingerprint density at radius 1 is 1.15 bits per heavy atom. The zero-order valence-corrected chi connectivity index (χ0v) is 14.4. The van der Waals surface area contributed by atoms with Crippen LogP contribution >= 0.6 is 0 Å². The molecule has 1 aliphatic heterocycles. The van der Waals surface area contributed by atoms with E-state index < -0.39 is 6.10 Å². The second kappa shape index (κ2) is 8.24. The van der Waals surface area contributed by atoms with Gasteiger partial charge < -0.3 is 24.8 Å². The smallest absolute Gasteiger partial charge is 0.266 e. The highest BCUT2D eigenvalue weighted by molar-refractivity contribution is 5.99. The normalized spacial score (nSPS) is 15.3. The molecule has 0 aliphatic carbocycles.